The van der Waals surface area contributed by atoms with Crippen molar-refractivity contribution < 1.29 is 0 Å². The van der Waals surface area contributed by atoms with Gasteiger partial charge in [0.1, 0.15) is 5.82 Å². The SMILES string of the molecule is Cc1nc2ccc(N3CC(N(C)CCN(C)C)C3)cn2n1. The Morgan fingerprint density at radius 1 is 1.19 bits per heavy atom. The Morgan fingerprint density at radius 2 is 1.95 bits per heavy atom. The van der Waals surface area contributed by atoms with Crippen molar-refractivity contribution in [3.05, 3.63) is 24.2 Å². The van der Waals surface area contributed by atoms with E-state index in [0.29, 0.717) is 6.04 Å². The number of hydrogen-bond donors (Lipinski definition) is 0. The summed E-state index contributed by atoms with van der Waals surface area (Å²) < 4.78 is 1.87. The highest BCUT2D eigenvalue weighted by atomic mass is 15.3. The second-order valence-electron chi connectivity index (χ2n) is 6.19. The van der Waals surface area contributed by atoms with Crippen molar-refractivity contribution in [2.75, 3.05) is 52.2 Å². The van der Waals surface area contributed by atoms with E-state index < -0.39 is 0 Å². The van der Waals surface area contributed by atoms with Gasteiger partial charge in [0.2, 0.25) is 0 Å². The molecule has 0 aromatic carbocycles. The minimum atomic E-state index is 0.651. The maximum absolute atomic E-state index is 4.38. The summed E-state index contributed by atoms with van der Waals surface area (Å²) in [6.07, 6.45) is 2.07. The summed E-state index contributed by atoms with van der Waals surface area (Å²) >= 11 is 0. The maximum atomic E-state index is 4.38. The fraction of sp³-hybridized carbons (Fsp3) is 0.600. The third-order valence-corrected chi connectivity index (χ3v) is 4.17. The van der Waals surface area contributed by atoms with Crippen LogP contribution in [0.25, 0.3) is 5.65 Å². The molecule has 2 aromatic rings. The minimum Gasteiger partial charge on any atom is -0.367 e. The standard InChI is InChI=1S/C15H24N6/c1-12-16-15-6-5-13(11-21(15)17-12)20-9-14(10-20)19(4)8-7-18(2)3/h5-6,11,14H,7-10H2,1-4H3. The zero-order chi connectivity index (χ0) is 15.0. The molecule has 0 bridgehead atoms. The summed E-state index contributed by atoms with van der Waals surface area (Å²) in [6.45, 7) is 6.32. The quantitative estimate of drug-likeness (QED) is 0.811. The van der Waals surface area contributed by atoms with E-state index in [9.17, 15) is 0 Å². The summed E-state index contributed by atoms with van der Waals surface area (Å²) in [5.41, 5.74) is 2.14. The zero-order valence-electron chi connectivity index (χ0n) is 13.3. The smallest absolute Gasteiger partial charge is 0.155 e. The number of anilines is 1. The molecular weight excluding hydrogens is 264 g/mol. The Hall–Kier alpha value is -1.66. The molecule has 2 aromatic heterocycles. The third kappa shape index (κ3) is 3.01. The average Bonchev–Trinajstić information content (AvgIpc) is 2.74. The molecule has 3 rings (SSSR count). The Bertz CT molecular complexity index is 614. The molecule has 6 heteroatoms. The van der Waals surface area contributed by atoms with Gasteiger partial charge >= 0.3 is 0 Å². The van der Waals surface area contributed by atoms with Gasteiger partial charge < -0.3 is 9.80 Å². The van der Waals surface area contributed by atoms with E-state index >= 15 is 0 Å². The Balaban J connectivity index is 1.59. The number of rotatable bonds is 5. The zero-order valence-corrected chi connectivity index (χ0v) is 13.3. The first-order valence-corrected chi connectivity index (χ1v) is 7.46. The fourth-order valence-electron chi connectivity index (χ4n) is 2.66. The van der Waals surface area contributed by atoms with Crippen molar-refractivity contribution in [1.82, 2.24) is 24.4 Å². The van der Waals surface area contributed by atoms with Gasteiger partial charge in [0.05, 0.1) is 11.9 Å². The molecule has 0 aliphatic carbocycles. The summed E-state index contributed by atoms with van der Waals surface area (Å²) in [6, 6.07) is 4.83. The monoisotopic (exact) mass is 288 g/mol. The molecular formula is C15H24N6. The van der Waals surface area contributed by atoms with E-state index in [-0.39, 0.29) is 0 Å². The van der Waals surface area contributed by atoms with E-state index in [1.54, 1.807) is 0 Å². The minimum absolute atomic E-state index is 0.651. The van der Waals surface area contributed by atoms with Gasteiger partial charge in [-0.3, -0.25) is 4.90 Å². The van der Waals surface area contributed by atoms with Crippen LogP contribution in [0, 0.1) is 6.92 Å². The van der Waals surface area contributed by atoms with E-state index in [1.807, 2.05) is 17.5 Å². The molecule has 1 aliphatic heterocycles. The molecule has 1 fully saturated rings. The molecule has 1 saturated heterocycles. The molecule has 114 valence electrons. The van der Waals surface area contributed by atoms with Crippen LogP contribution in [-0.2, 0) is 0 Å². The molecule has 0 saturated carbocycles. The molecule has 0 atom stereocenters. The fourth-order valence-corrected chi connectivity index (χ4v) is 2.66. The number of hydrogen-bond acceptors (Lipinski definition) is 5. The van der Waals surface area contributed by atoms with Crippen molar-refractivity contribution in [2.45, 2.75) is 13.0 Å². The van der Waals surface area contributed by atoms with Gasteiger partial charge in [0.15, 0.2) is 5.65 Å². The van der Waals surface area contributed by atoms with Crippen LogP contribution in [-0.4, -0.2) is 77.8 Å². The topological polar surface area (TPSA) is 39.9 Å². The summed E-state index contributed by atoms with van der Waals surface area (Å²) in [7, 11) is 6.46. The predicted octanol–water partition coefficient (Wildman–Crippen LogP) is 0.720. The van der Waals surface area contributed by atoms with Crippen molar-refractivity contribution in [3.63, 3.8) is 0 Å². The highest BCUT2D eigenvalue weighted by Crippen LogP contribution is 2.23. The van der Waals surface area contributed by atoms with Crippen LogP contribution in [0.1, 0.15) is 5.82 Å². The lowest BCUT2D eigenvalue weighted by atomic mass is 10.1. The van der Waals surface area contributed by atoms with Crippen LogP contribution in [0.4, 0.5) is 5.69 Å². The second kappa shape index (κ2) is 5.61. The molecule has 0 amide bonds. The highest BCUT2D eigenvalue weighted by molar-refractivity contribution is 5.53. The van der Waals surface area contributed by atoms with Crippen LogP contribution in [0.2, 0.25) is 0 Å². The number of aromatic nitrogens is 3. The van der Waals surface area contributed by atoms with Gasteiger partial charge in [-0.15, -0.1) is 0 Å². The van der Waals surface area contributed by atoms with Crippen molar-refractivity contribution in [3.8, 4) is 0 Å². The average molecular weight is 288 g/mol. The van der Waals surface area contributed by atoms with Crippen LogP contribution in [0.15, 0.2) is 18.3 Å². The Labute approximate surface area is 126 Å². The van der Waals surface area contributed by atoms with Gasteiger partial charge in [-0.1, -0.05) is 0 Å². The van der Waals surface area contributed by atoms with Gasteiger partial charge in [-0.05, 0) is 40.2 Å². The van der Waals surface area contributed by atoms with Crippen LogP contribution in [0.3, 0.4) is 0 Å². The first kappa shape index (κ1) is 14.3. The summed E-state index contributed by atoms with van der Waals surface area (Å²) in [4.78, 5) is 11.4. The van der Waals surface area contributed by atoms with Crippen molar-refractivity contribution in [2.24, 2.45) is 0 Å². The molecule has 21 heavy (non-hydrogen) atoms. The number of likely N-dealkylation sites (N-methyl/N-ethyl adjacent to an activating group) is 2. The van der Waals surface area contributed by atoms with Crippen LogP contribution < -0.4 is 4.90 Å². The molecule has 0 unspecified atom stereocenters. The predicted molar refractivity (Wildman–Crippen MR) is 84.9 cm³/mol. The van der Waals surface area contributed by atoms with E-state index in [2.05, 4.69) is 58.2 Å². The molecule has 0 spiro atoms. The van der Waals surface area contributed by atoms with Gasteiger partial charge in [0.25, 0.3) is 0 Å². The highest BCUT2D eigenvalue weighted by Gasteiger charge is 2.30. The lowest BCUT2D eigenvalue weighted by molar-refractivity contribution is 0.187. The normalized spacial score (nSPS) is 16.2. The Kier molecular flexibility index (Phi) is 3.82. The van der Waals surface area contributed by atoms with E-state index in [0.717, 1.165) is 37.7 Å². The molecule has 0 N–H and O–H groups in total. The van der Waals surface area contributed by atoms with Crippen LogP contribution in [0.5, 0.6) is 0 Å². The van der Waals surface area contributed by atoms with Gasteiger partial charge in [0, 0.05) is 32.2 Å². The largest absolute Gasteiger partial charge is 0.367 e. The molecule has 6 nitrogen and oxygen atoms in total. The number of aryl methyl sites for hydroxylation is 1. The van der Waals surface area contributed by atoms with Gasteiger partial charge in [-0.2, -0.15) is 5.10 Å². The summed E-state index contributed by atoms with van der Waals surface area (Å²) in [5.74, 6) is 0.817. The first-order chi connectivity index (χ1) is 10.0. The third-order valence-electron chi connectivity index (χ3n) is 4.17. The molecule has 3 heterocycles. The first-order valence-electron chi connectivity index (χ1n) is 7.46. The van der Waals surface area contributed by atoms with Crippen molar-refractivity contribution >= 4 is 11.3 Å². The summed E-state index contributed by atoms with van der Waals surface area (Å²) in [5, 5.41) is 4.38. The number of pyridine rings is 1. The van der Waals surface area contributed by atoms with Gasteiger partial charge in [-0.25, -0.2) is 9.50 Å². The Morgan fingerprint density at radius 3 is 2.67 bits per heavy atom. The van der Waals surface area contributed by atoms with Crippen molar-refractivity contribution in [1.29, 1.82) is 0 Å². The lowest BCUT2D eigenvalue weighted by Gasteiger charge is -2.45. The molecule has 1 aliphatic rings. The number of nitrogens with zero attached hydrogens (tertiary/aromatic N) is 6. The second-order valence-corrected chi connectivity index (χ2v) is 6.19. The lowest BCUT2D eigenvalue weighted by Crippen LogP contribution is -2.59. The molecule has 0 radical (unpaired) electrons. The van der Waals surface area contributed by atoms with E-state index in [4.69, 9.17) is 0 Å². The number of fused-ring (bicyclic) bond motifs is 1. The van der Waals surface area contributed by atoms with E-state index in [1.165, 1.54) is 5.69 Å². The maximum Gasteiger partial charge on any atom is 0.155 e. The van der Waals surface area contributed by atoms with Crippen LogP contribution >= 0.6 is 0 Å².